The van der Waals surface area contributed by atoms with Crippen molar-refractivity contribution in [3.05, 3.63) is 46.6 Å². The summed E-state index contributed by atoms with van der Waals surface area (Å²) in [5.41, 5.74) is 1.89. The fourth-order valence-corrected chi connectivity index (χ4v) is 3.51. The summed E-state index contributed by atoms with van der Waals surface area (Å²) < 4.78 is 5.15. The Morgan fingerprint density at radius 3 is 2.71 bits per heavy atom. The Balaban J connectivity index is 1.76. The molecule has 0 amide bonds. The Bertz CT molecular complexity index is 875. The first kappa shape index (κ1) is 16.2. The zero-order valence-corrected chi connectivity index (χ0v) is 14.2. The zero-order chi connectivity index (χ0) is 17.1. The standard InChI is InChI=1S/C17H17N3O3S/c1-10-13-15(19-9-20-16(13)24-14(10)17(21)22)18-8-7-11-3-5-12(23-2)6-4-11/h3-6,9H,7-8H2,1-2H3,(H,21,22)(H,18,19,20). The van der Waals surface area contributed by atoms with E-state index < -0.39 is 5.97 Å². The van der Waals surface area contributed by atoms with Gasteiger partial charge in [-0.2, -0.15) is 0 Å². The molecule has 24 heavy (non-hydrogen) atoms. The summed E-state index contributed by atoms with van der Waals surface area (Å²) in [5.74, 6) is 0.578. The van der Waals surface area contributed by atoms with E-state index in [-0.39, 0.29) is 0 Å². The predicted octanol–water partition coefficient (Wildman–Crippen LogP) is 3.36. The number of benzene rings is 1. The minimum absolute atomic E-state index is 0.309. The van der Waals surface area contributed by atoms with Gasteiger partial charge in [0.05, 0.1) is 12.5 Å². The molecule has 3 rings (SSSR count). The van der Waals surface area contributed by atoms with E-state index in [4.69, 9.17) is 4.74 Å². The molecule has 0 aliphatic rings. The lowest BCUT2D eigenvalue weighted by atomic mass is 10.1. The van der Waals surface area contributed by atoms with E-state index in [0.717, 1.165) is 17.6 Å². The van der Waals surface area contributed by atoms with E-state index in [1.807, 2.05) is 24.3 Å². The Morgan fingerprint density at radius 2 is 2.04 bits per heavy atom. The number of carboxylic acids is 1. The summed E-state index contributed by atoms with van der Waals surface area (Å²) in [7, 11) is 1.64. The van der Waals surface area contributed by atoms with Crippen LogP contribution in [0.5, 0.6) is 5.75 Å². The molecule has 3 aromatic rings. The maximum atomic E-state index is 11.3. The van der Waals surface area contributed by atoms with Crippen molar-refractivity contribution in [3.63, 3.8) is 0 Å². The summed E-state index contributed by atoms with van der Waals surface area (Å²) in [6.45, 7) is 2.48. The SMILES string of the molecule is COc1ccc(CCNc2ncnc3sc(C(=O)O)c(C)c23)cc1. The van der Waals surface area contributed by atoms with E-state index in [1.165, 1.54) is 23.2 Å². The predicted molar refractivity (Wildman–Crippen MR) is 94.3 cm³/mol. The molecule has 0 spiro atoms. The lowest BCUT2D eigenvalue weighted by Crippen LogP contribution is -2.07. The first-order valence-electron chi connectivity index (χ1n) is 7.44. The number of ether oxygens (including phenoxy) is 1. The molecule has 124 valence electrons. The molecule has 0 aliphatic carbocycles. The quantitative estimate of drug-likeness (QED) is 0.714. The Hall–Kier alpha value is -2.67. The molecule has 0 bridgehead atoms. The van der Waals surface area contributed by atoms with E-state index in [0.29, 0.717) is 27.6 Å². The number of carboxylic acid groups (broad SMARTS) is 1. The zero-order valence-electron chi connectivity index (χ0n) is 13.4. The maximum absolute atomic E-state index is 11.3. The fraction of sp³-hybridized carbons (Fsp3) is 0.235. The third kappa shape index (κ3) is 3.16. The number of hydrogen-bond donors (Lipinski definition) is 2. The minimum atomic E-state index is -0.931. The van der Waals surface area contributed by atoms with Gasteiger partial charge in [0.1, 0.15) is 27.6 Å². The van der Waals surface area contributed by atoms with E-state index >= 15 is 0 Å². The van der Waals surface area contributed by atoms with Crippen LogP contribution >= 0.6 is 11.3 Å². The van der Waals surface area contributed by atoms with Gasteiger partial charge in [0.2, 0.25) is 0 Å². The van der Waals surface area contributed by atoms with Gasteiger partial charge in [-0.25, -0.2) is 14.8 Å². The van der Waals surface area contributed by atoms with E-state index in [1.54, 1.807) is 14.0 Å². The lowest BCUT2D eigenvalue weighted by molar-refractivity contribution is 0.0701. The average molecular weight is 343 g/mol. The number of nitrogens with one attached hydrogen (secondary N) is 1. The van der Waals surface area contributed by atoms with Crippen LogP contribution in [-0.2, 0) is 6.42 Å². The van der Waals surface area contributed by atoms with Gasteiger partial charge in [0, 0.05) is 6.54 Å². The van der Waals surface area contributed by atoms with Gasteiger partial charge in [0.15, 0.2) is 0 Å². The van der Waals surface area contributed by atoms with Crippen molar-refractivity contribution in [1.82, 2.24) is 9.97 Å². The number of thiophene rings is 1. The summed E-state index contributed by atoms with van der Waals surface area (Å²) >= 11 is 1.18. The Labute approximate surface area is 143 Å². The molecule has 0 fully saturated rings. The number of aryl methyl sites for hydroxylation is 1. The van der Waals surface area contributed by atoms with Crippen LogP contribution in [0.15, 0.2) is 30.6 Å². The largest absolute Gasteiger partial charge is 0.497 e. The lowest BCUT2D eigenvalue weighted by Gasteiger charge is -2.08. The van der Waals surface area contributed by atoms with Crippen molar-refractivity contribution < 1.29 is 14.6 Å². The number of fused-ring (bicyclic) bond motifs is 1. The molecular weight excluding hydrogens is 326 g/mol. The molecule has 7 heteroatoms. The average Bonchev–Trinajstić information content (AvgIpc) is 2.94. The molecule has 0 unspecified atom stereocenters. The van der Waals surface area contributed by atoms with Crippen molar-refractivity contribution in [2.45, 2.75) is 13.3 Å². The summed E-state index contributed by atoms with van der Waals surface area (Å²) in [5, 5.41) is 13.3. The molecule has 2 heterocycles. The smallest absolute Gasteiger partial charge is 0.346 e. The van der Waals surface area contributed by atoms with Gasteiger partial charge in [-0.05, 0) is 36.6 Å². The summed E-state index contributed by atoms with van der Waals surface area (Å²) in [4.78, 5) is 20.7. The van der Waals surface area contributed by atoms with Crippen molar-refractivity contribution >= 4 is 33.3 Å². The van der Waals surface area contributed by atoms with Gasteiger partial charge >= 0.3 is 5.97 Å². The molecule has 0 saturated heterocycles. The highest BCUT2D eigenvalue weighted by Gasteiger charge is 2.18. The second-order valence-electron chi connectivity index (χ2n) is 5.29. The number of nitrogens with zero attached hydrogens (tertiary/aromatic N) is 2. The molecular formula is C17H17N3O3S. The fourth-order valence-electron chi connectivity index (χ4n) is 2.53. The Morgan fingerprint density at radius 1 is 1.29 bits per heavy atom. The molecule has 6 nitrogen and oxygen atoms in total. The molecule has 0 atom stereocenters. The number of rotatable bonds is 6. The van der Waals surface area contributed by atoms with Crippen LogP contribution in [0.1, 0.15) is 20.8 Å². The minimum Gasteiger partial charge on any atom is -0.497 e. The number of methoxy groups -OCH3 is 1. The first-order valence-corrected chi connectivity index (χ1v) is 8.26. The van der Waals surface area contributed by atoms with Gasteiger partial charge in [-0.1, -0.05) is 12.1 Å². The molecule has 2 aromatic heterocycles. The third-order valence-corrected chi connectivity index (χ3v) is 4.97. The number of aromatic nitrogens is 2. The van der Waals surface area contributed by atoms with Crippen LogP contribution in [0.4, 0.5) is 5.82 Å². The summed E-state index contributed by atoms with van der Waals surface area (Å²) in [6, 6.07) is 7.91. The van der Waals surface area contributed by atoms with Crippen LogP contribution in [0, 0.1) is 6.92 Å². The molecule has 2 N–H and O–H groups in total. The van der Waals surface area contributed by atoms with Crippen molar-refractivity contribution in [2.24, 2.45) is 0 Å². The van der Waals surface area contributed by atoms with Gasteiger partial charge in [0.25, 0.3) is 0 Å². The Kier molecular flexibility index (Phi) is 4.61. The monoisotopic (exact) mass is 343 g/mol. The van der Waals surface area contributed by atoms with Gasteiger partial charge in [-0.15, -0.1) is 11.3 Å². The topological polar surface area (TPSA) is 84.3 Å². The number of aromatic carboxylic acids is 1. The van der Waals surface area contributed by atoms with Crippen molar-refractivity contribution in [1.29, 1.82) is 0 Å². The van der Waals surface area contributed by atoms with E-state index in [9.17, 15) is 9.90 Å². The van der Waals surface area contributed by atoms with Gasteiger partial charge < -0.3 is 15.2 Å². The van der Waals surface area contributed by atoms with Crippen LogP contribution in [0.3, 0.4) is 0 Å². The van der Waals surface area contributed by atoms with Gasteiger partial charge in [-0.3, -0.25) is 0 Å². The third-order valence-electron chi connectivity index (χ3n) is 3.79. The van der Waals surface area contributed by atoms with Crippen LogP contribution in [0.2, 0.25) is 0 Å². The second-order valence-corrected chi connectivity index (χ2v) is 6.29. The highest BCUT2D eigenvalue weighted by molar-refractivity contribution is 7.20. The van der Waals surface area contributed by atoms with Crippen LogP contribution in [-0.4, -0.2) is 34.7 Å². The molecule has 1 aromatic carbocycles. The number of carbonyl (C=O) groups is 1. The second kappa shape index (κ2) is 6.84. The molecule has 0 aliphatic heterocycles. The number of anilines is 1. The highest BCUT2D eigenvalue weighted by atomic mass is 32.1. The molecule has 0 saturated carbocycles. The number of hydrogen-bond acceptors (Lipinski definition) is 6. The van der Waals surface area contributed by atoms with Crippen LogP contribution < -0.4 is 10.1 Å². The van der Waals surface area contributed by atoms with E-state index in [2.05, 4.69) is 15.3 Å². The maximum Gasteiger partial charge on any atom is 0.346 e. The highest BCUT2D eigenvalue weighted by Crippen LogP contribution is 2.33. The van der Waals surface area contributed by atoms with Crippen LogP contribution in [0.25, 0.3) is 10.2 Å². The first-order chi connectivity index (χ1) is 11.6. The molecule has 0 radical (unpaired) electrons. The summed E-state index contributed by atoms with van der Waals surface area (Å²) in [6.07, 6.45) is 2.28. The van der Waals surface area contributed by atoms with Crippen molar-refractivity contribution in [3.8, 4) is 5.75 Å². The normalized spacial score (nSPS) is 10.8. The van der Waals surface area contributed by atoms with Crippen molar-refractivity contribution in [2.75, 3.05) is 19.0 Å².